The molecule has 3 aromatic heterocycles. The fourth-order valence-corrected chi connectivity index (χ4v) is 2.73. The third-order valence-corrected chi connectivity index (χ3v) is 4.00. The van der Waals surface area contributed by atoms with E-state index in [2.05, 4.69) is 15.1 Å². The van der Waals surface area contributed by atoms with Crippen LogP contribution in [0.3, 0.4) is 0 Å². The smallest absolute Gasteiger partial charge is 0.154 e. The lowest BCUT2D eigenvalue weighted by Gasteiger charge is -2.05. The molecule has 0 amide bonds. The molecule has 0 spiro atoms. The van der Waals surface area contributed by atoms with Gasteiger partial charge in [0, 0.05) is 6.20 Å². The number of hydrogen-bond acceptors (Lipinski definition) is 3. The predicted octanol–water partition coefficient (Wildman–Crippen LogP) is 3.85. The number of aryl methyl sites for hydroxylation is 2. The Bertz CT molecular complexity index is 1030. The Hall–Kier alpha value is -3.15. The molecule has 4 nitrogen and oxygen atoms in total. The molecule has 0 aliphatic carbocycles. The Morgan fingerprint density at radius 1 is 0.920 bits per heavy atom. The Balaban J connectivity index is 1.64. The van der Waals surface area contributed by atoms with E-state index in [1.807, 2.05) is 30.3 Å². The van der Waals surface area contributed by atoms with Crippen molar-refractivity contribution < 1.29 is 8.78 Å². The minimum atomic E-state index is -0.438. The average molecular weight is 336 g/mol. The molecule has 0 saturated heterocycles. The maximum Gasteiger partial charge on any atom is 0.154 e. The third-order valence-electron chi connectivity index (χ3n) is 4.00. The van der Waals surface area contributed by atoms with Gasteiger partial charge in [0.15, 0.2) is 5.65 Å². The first kappa shape index (κ1) is 15.4. The number of fused-ring (bicyclic) bond motifs is 1. The van der Waals surface area contributed by atoms with Crippen LogP contribution in [-0.2, 0) is 12.8 Å². The van der Waals surface area contributed by atoms with Gasteiger partial charge in [-0.2, -0.15) is 5.10 Å². The predicted molar refractivity (Wildman–Crippen MR) is 90.0 cm³/mol. The molecule has 0 atom stereocenters. The first-order chi connectivity index (χ1) is 12.2. The minimum absolute atomic E-state index is 0.345. The van der Waals surface area contributed by atoms with Crippen molar-refractivity contribution in [3.8, 4) is 11.4 Å². The van der Waals surface area contributed by atoms with E-state index in [-0.39, 0.29) is 0 Å². The fraction of sp³-hybridized carbons (Fsp3) is 0.105. The molecular weight excluding hydrogens is 322 g/mol. The lowest BCUT2D eigenvalue weighted by molar-refractivity contribution is 0.583. The van der Waals surface area contributed by atoms with Gasteiger partial charge in [-0.1, -0.05) is 6.07 Å². The normalized spacial score (nSPS) is 11.1. The van der Waals surface area contributed by atoms with Crippen molar-refractivity contribution in [2.75, 3.05) is 0 Å². The topological polar surface area (TPSA) is 43.1 Å². The monoisotopic (exact) mass is 336 g/mol. The molecule has 0 aliphatic rings. The highest BCUT2D eigenvalue weighted by molar-refractivity contribution is 5.58. The van der Waals surface area contributed by atoms with Crippen LogP contribution in [0.5, 0.6) is 0 Å². The van der Waals surface area contributed by atoms with E-state index in [9.17, 15) is 8.78 Å². The van der Waals surface area contributed by atoms with Gasteiger partial charge in [0.2, 0.25) is 0 Å². The molecule has 4 rings (SSSR count). The Morgan fingerprint density at radius 3 is 2.68 bits per heavy atom. The van der Waals surface area contributed by atoms with Crippen molar-refractivity contribution in [3.63, 3.8) is 0 Å². The van der Waals surface area contributed by atoms with Gasteiger partial charge in [-0.3, -0.25) is 4.98 Å². The van der Waals surface area contributed by atoms with E-state index in [1.54, 1.807) is 16.9 Å². The van der Waals surface area contributed by atoms with Crippen molar-refractivity contribution in [2.24, 2.45) is 0 Å². The highest BCUT2D eigenvalue weighted by Crippen LogP contribution is 2.18. The second kappa shape index (κ2) is 6.39. The minimum Gasteiger partial charge on any atom is -0.255 e. The van der Waals surface area contributed by atoms with Gasteiger partial charge >= 0.3 is 0 Å². The zero-order chi connectivity index (χ0) is 17.2. The first-order valence-electron chi connectivity index (χ1n) is 7.90. The maximum absolute atomic E-state index is 13.8. The van der Waals surface area contributed by atoms with Crippen molar-refractivity contribution in [1.82, 2.24) is 19.6 Å². The highest BCUT2D eigenvalue weighted by Gasteiger charge is 2.10. The van der Waals surface area contributed by atoms with Crippen LogP contribution in [0.15, 0.2) is 60.9 Å². The van der Waals surface area contributed by atoms with Crippen molar-refractivity contribution in [3.05, 3.63) is 83.8 Å². The maximum atomic E-state index is 13.8. The van der Waals surface area contributed by atoms with Crippen LogP contribution in [0, 0.1) is 11.6 Å². The molecule has 0 aliphatic heterocycles. The first-order valence-corrected chi connectivity index (χ1v) is 7.90. The molecule has 4 aromatic rings. The SMILES string of the molecule is Fc1ccc(F)c(CCc2ccc3ncc(-c4ccccn4)n3n2)c1. The van der Waals surface area contributed by atoms with Crippen molar-refractivity contribution in [1.29, 1.82) is 0 Å². The number of imidazole rings is 1. The van der Waals surface area contributed by atoms with E-state index >= 15 is 0 Å². The molecule has 0 bridgehead atoms. The van der Waals surface area contributed by atoms with Crippen LogP contribution in [0.2, 0.25) is 0 Å². The highest BCUT2D eigenvalue weighted by atomic mass is 19.1. The summed E-state index contributed by atoms with van der Waals surface area (Å²) in [6.45, 7) is 0. The third kappa shape index (κ3) is 3.10. The summed E-state index contributed by atoms with van der Waals surface area (Å²) in [6, 6.07) is 12.8. The second-order valence-electron chi connectivity index (χ2n) is 5.69. The number of nitrogens with zero attached hydrogens (tertiary/aromatic N) is 4. The summed E-state index contributed by atoms with van der Waals surface area (Å²) in [7, 11) is 0. The van der Waals surface area contributed by atoms with Crippen LogP contribution in [0.25, 0.3) is 17.0 Å². The zero-order valence-corrected chi connectivity index (χ0v) is 13.2. The Kier molecular flexibility index (Phi) is 3.93. The molecule has 0 unspecified atom stereocenters. The van der Waals surface area contributed by atoms with E-state index < -0.39 is 11.6 Å². The van der Waals surface area contributed by atoms with Gasteiger partial charge in [-0.15, -0.1) is 0 Å². The second-order valence-corrected chi connectivity index (χ2v) is 5.69. The summed E-state index contributed by atoms with van der Waals surface area (Å²) in [5.41, 5.74) is 3.38. The molecule has 0 fully saturated rings. The van der Waals surface area contributed by atoms with Crippen molar-refractivity contribution in [2.45, 2.75) is 12.8 Å². The molecular formula is C19H14F2N4. The van der Waals surface area contributed by atoms with Gasteiger partial charge in [-0.25, -0.2) is 18.3 Å². The van der Waals surface area contributed by atoms with E-state index in [1.165, 1.54) is 6.07 Å². The number of rotatable bonds is 4. The molecule has 0 saturated carbocycles. The van der Waals surface area contributed by atoms with Gasteiger partial charge in [0.1, 0.15) is 17.3 Å². The van der Waals surface area contributed by atoms with Crippen LogP contribution in [0.4, 0.5) is 8.78 Å². The van der Waals surface area contributed by atoms with E-state index in [0.29, 0.717) is 24.1 Å². The summed E-state index contributed by atoms with van der Waals surface area (Å²) in [4.78, 5) is 8.65. The molecule has 25 heavy (non-hydrogen) atoms. The van der Waals surface area contributed by atoms with Gasteiger partial charge in [0.05, 0.1) is 17.6 Å². The quantitative estimate of drug-likeness (QED) is 0.568. The summed E-state index contributed by atoms with van der Waals surface area (Å²) in [5.74, 6) is -0.842. The van der Waals surface area contributed by atoms with E-state index in [4.69, 9.17) is 0 Å². The lowest BCUT2D eigenvalue weighted by atomic mass is 10.1. The average Bonchev–Trinajstić information content (AvgIpc) is 3.06. The molecule has 0 radical (unpaired) electrons. The fourth-order valence-electron chi connectivity index (χ4n) is 2.73. The van der Waals surface area contributed by atoms with Gasteiger partial charge in [-0.05, 0) is 60.9 Å². The summed E-state index contributed by atoms with van der Waals surface area (Å²) >= 11 is 0. The van der Waals surface area contributed by atoms with Gasteiger partial charge in [0.25, 0.3) is 0 Å². The molecule has 0 N–H and O–H groups in total. The van der Waals surface area contributed by atoms with Gasteiger partial charge < -0.3 is 0 Å². The molecule has 1 aromatic carbocycles. The largest absolute Gasteiger partial charge is 0.255 e. The molecule has 3 heterocycles. The van der Waals surface area contributed by atoms with Crippen LogP contribution in [0.1, 0.15) is 11.3 Å². The standard InChI is InChI=1S/C19H14F2N4/c20-14-5-8-16(21)13(11-14)4-6-15-7-9-19-23-12-18(25(19)24-15)17-3-1-2-10-22-17/h1-3,5,7-12H,4,6H2. The summed E-state index contributed by atoms with van der Waals surface area (Å²) < 4.78 is 28.8. The summed E-state index contributed by atoms with van der Waals surface area (Å²) in [6.07, 6.45) is 4.30. The molecule has 124 valence electrons. The number of benzene rings is 1. The Labute approximate surface area is 142 Å². The number of halogens is 2. The van der Waals surface area contributed by atoms with Crippen LogP contribution in [-0.4, -0.2) is 19.6 Å². The number of aromatic nitrogens is 4. The van der Waals surface area contributed by atoms with Crippen LogP contribution >= 0.6 is 0 Å². The van der Waals surface area contributed by atoms with Crippen molar-refractivity contribution >= 4 is 5.65 Å². The van der Waals surface area contributed by atoms with Crippen LogP contribution < -0.4 is 0 Å². The number of hydrogen-bond donors (Lipinski definition) is 0. The summed E-state index contributed by atoms with van der Waals surface area (Å²) in [5, 5.41) is 4.58. The zero-order valence-electron chi connectivity index (χ0n) is 13.2. The van der Waals surface area contributed by atoms with E-state index in [0.717, 1.165) is 29.2 Å². The number of pyridine rings is 1. The Morgan fingerprint density at radius 2 is 1.84 bits per heavy atom. The molecule has 6 heteroatoms. The lowest BCUT2D eigenvalue weighted by Crippen LogP contribution is -2.03.